The minimum Gasteiger partial charge on any atom is -0.356 e. The maximum Gasteiger partial charge on any atom is 0.272 e. The fourth-order valence-electron chi connectivity index (χ4n) is 3.07. The number of carbonyl (C=O) groups excluding carboxylic acids is 1. The normalized spacial score (nSPS) is 14.5. The number of carbonyl (C=O) groups is 1. The first-order valence-corrected chi connectivity index (χ1v) is 8.53. The average Bonchev–Trinajstić information content (AvgIpc) is 2.62. The Labute approximate surface area is 143 Å². The van der Waals surface area contributed by atoms with Gasteiger partial charge >= 0.3 is 0 Å². The van der Waals surface area contributed by atoms with E-state index >= 15 is 0 Å². The monoisotopic (exact) mass is 324 g/mol. The summed E-state index contributed by atoms with van der Waals surface area (Å²) >= 11 is 0. The smallest absolute Gasteiger partial charge is 0.272 e. The third-order valence-corrected chi connectivity index (χ3v) is 4.33. The molecule has 2 aromatic rings. The highest BCUT2D eigenvalue weighted by Crippen LogP contribution is 2.19. The Morgan fingerprint density at radius 2 is 1.83 bits per heavy atom. The molecule has 1 aliphatic heterocycles. The van der Waals surface area contributed by atoms with Crippen molar-refractivity contribution in [2.75, 3.05) is 25.0 Å². The quantitative estimate of drug-likeness (QED) is 0.867. The van der Waals surface area contributed by atoms with Crippen molar-refractivity contribution >= 4 is 11.7 Å². The molecule has 2 heterocycles. The predicted molar refractivity (Wildman–Crippen MR) is 95.1 cm³/mol. The van der Waals surface area contributed by atoms with E-state index in [4.69, 9.17) is 0 Å². The zero-order valence-corrected chi connectivity index (χ0v) is 14.4. The second kappa shape index (κ2) is 7.43. The number of hydrogen-bond donors (Lipinski definition) is 0. The maximum atomic E-state index is 12.8. The van der Waals surface area contributed by atoms with Crippen molar-refractivity contribution in [1.82, 2.24) is 14.9 Å². The summed E-state index contributed by atoms with van der Waals surface area (Å²) in [6.45, 7) is 4.43. The molecule has 126 valence electrons. The Balaban J connectivity index is 1.77. The summed E-state index contributed by atoms with van der Waals surface area (Å²) < 4.78 is 0. The van der Waals surface area contributed by atoms with Gasteiger partial charge in [-0.15, -0.1) is 0 Å². The molecular weight excluding hydrogens is 300 g/mol. The van der Waals surface area contributed by atoms with Crippen LogP contribution in [0.15, 0.2) is 36.4 Å². The van der Waals surface area contributed by atoms with Gasteiger partial charge in [0.15, 0.2) is 0 Å². The number of benzene rings is 1. The van der Waals surface area contributed by atoms with Crippen molar-refractivity contribution in [2.45, 2.75) is 32.7 Å². The molecule has 0 atom stereocenters. The summed E-state index contributed by atoms with van der Waals surface area (Å²) in [7, 11) is 1.81. The number of nitrogens with zero attached hydrogens (tertiary/aromatic N) is 4. The first-order chi connectivity index (χ1) is 11.6. The third-order valence-electron chi connectivity index (χ3n) is 4.33. The van der Waals surface area contributed by atoms with E-state index in [9.17, 15) is 4.79 Å². The van der Waals surface area contributed by atoms with Crippen molar-refractivity contribution in [3.05, 3.63) is 53.5 Å². The van der Waals surface area contributed by atoms with Crippen molar-refractivity contribution in [3.8, 4) is 0 Å². The van der Waals surface area contributed by atoms with Crippen LogP contribution < -0.4 is 4.90 Å². The molecule has 0 spiro atoms. The minimum absolute atomic E-state index is 0.0670. The number of aromatic nitrogens is 2. The lowest BCUT2D eigenvalue weighted by Gasteiger charge is -2.28. The summed E-state index contributed by atoms with van der Waals surface area (Å²) in [4.78, 5) is 25.6. The van der Waals surface area contributed by atoms with Crippen LogP contribution in [-0.2, 0) is 6.54 Å². The molecule has 1 aliphatic rings. The Bertz CT molecular complexity index is 696. The second-order valence-electron chi connectivity index (χ2n) is 6.35. The molecule has 0 unspecified atom stereocenters. The highest BCUT2D eigenvalue weighted by atomic mass is 16.2. The number of piperidine rings is 1. The van der Waals surface area contributed by atoms with Crippen molar-refractivity contribution < 1.29 is 4.79 Å². The Kier molecular flexibility index (Phi) is 5.08. The fraction of sp³-hybridized carbons (Fsp3) is 0.421. The number of rotatable bonds is 4. The summed E-state index contributed by atoms with van der Waals surface area (Å²) in [5, 5.41) is 0. The molecule has 5 heteroatoms. The maximum absolute atomic E-state index is 12.8. The van der Waals surface area contributed by atoms with E-state index < -0.39 is 0 Å². The van der Waals surface area contributed by atoms with Crippen LogP contribution in [0, 0.1) is 6.92 Å². The van der Waals surface area contributed by atoms with Gasteiger partial charge in [0.25, 0.3) is 5.91 Å². The van der Waals surface area contributed by atoms with E-state index in [0.29, 0.717) is 18.1 Å². The van der Waals surface area contributed by atoms with Crippen LogP contribution in [0.3, 0.4) is 0 Å². The number of amides is 1. The van der Waals surface area contributed by atoms with Crippen LogP contribution in [0.4, 0.5) is 5.82 Å². The molecule has 3 rings (SSSR count). The number of anilines is 1. The summed E-state index contributed by atoms with van der Waals surface area (Å²) in [5.41, 5.74) is 1.58. The first kappa shape index (κ1) is 16.4. The fourth-order valence-corrected chi connectivity index (χ4v) is 3.07. The standard InChI is InChI=1S/C19H24N4O/c1-15-20-17(13-18(21-15)23-11-7-4-8-12-23)19(24)22(2)14-16-9-5-3-6-10-16/h3,5-6,9-10,13H,4,7-8,11-12,14H2,1-2H3. The van der Waals surface area contributed by atoms with Gasteiger partial charge in [-0.05, 0) is 31.7 Å². The molecule has 0 N–H and O–H groups in total. The molecule has 0 bridgehead atoms. The van der Waals surface area contributed by atoms with Crippen LogP contribution >= 0.6 is 0 Å². The Morgan fingerprint density at radius 1 is 1.12 bits per heavy atom. The van der Waals surface area contributed by atoms with Crippen molar-refractivity contribution in [1.29, 1.82) is 0 Å². The van der Waals surface area contributed by atoms with Crippen LogP contribution in [-0.4, -0.2) is 40.9 Å². The molecule has 0 saturated carbocycles. The zero-order chi connectivity index (χ0) is 16.9. The van der Waals surface area contributed by atoms with Crippen LogP contribution in [0.25, 0.3) is 0 Å². The topological polar surface area (TPSA) is 49.3 Å². The highest BCUT2D eigenvalue weighted by Gasteiger charge is 2.19. The average molecular weight is 324 g/mol. The van der Waals surface area contributed by atoms with E-state index in [1.54, 1.807) is 4.90 Å². The van der Waals surface area contributed by atoms with Crippen LogP contribution in [0.5, 0.6) is 0 Å². The van der Waals surface area contributed by atoms with E-state index in [1.807, 2.05) is 50.4 Å². The lowest BCUT2D eigenvalue weighted by molar-refractivity contribution is 0.0779. The summed E-state index contributed by atoms with van der Waals surface area (Å²) in [6, 6.07) is 11.8. The molecule has 0 radical (unpaired) electrons. The zero-order valence-electron chi connectivity index (χ0n) is 14.4. The Hall–Kier alpha value is -2.43. The van der Waals surface area contributed by atoms with Gasteiger partial charge < -0.3 is 9.80 Å². The van der Waals surface area contributed by atoms with E-state index in [0.717, 1.165) is 24.5 Å². The van der Waals surface area contributed by atoms with Gasteiger partial charge in [-0.1, -0.05) is 30.3 Å². The van der Waals surface area contributed by atoms with Gasteiger partial charge in [0.05, 0.1) is 0 Å². The molecule has 1 aromatic heterocycles. The molecule has 1 fully saturated rings. The predicted octanol–water partition coefficient (Wildman–Crippen LogP) is 3.05. The third kappa shape index (κ3) is 3.91. The number of aryl methyl sites for hydroxylation is 1. The van der Waals surface area contributed by atoms with Gasteiger partial charge in [0.1, 0.15) is 17.3 Å². The lowest BCUT2D eigenvalue weighted by Crippen LogP contribution is -2.32. The summed E-state index contributed by atoms with van der Waals surface area (Å²) in [5.74, 6) is 1.45. The van der Waals surface area contributed by atoms with Crippen molar-refractivity contribution in [3.63, 3.8) is 0 Å². The van der Waals surface area contributed by atoms with Gasteiger partial charge in [-0.2, -0.15) is 0 Å². The highest BCUT2D eigenvalue weighted by molar-refractivity contribution is 5.92. The van der Waals surface area contributed by atoms with Gasteiger partial charge in [0, 0.05) is 32.7 Å². The molecule has 1 amide bonds. The largest absolute Gasteiger partial charge is 0.356 e. The Morgan fingerprint density at radius 3 is 2.54 bits per heavy atom. The van der Waals surface area contributed by atoms with E-state index in [1.165, 1.54) is 19.3 Å². The van der Waals surface area contributed by atoms with Gasteiger partial charge in [0.2, 0.25) is 0 Å². The molecule has 0 aliphatic carbocycles. The van der Waals surface area contributed by atoms with Crippen LogP contribution in [0.2, 0.25) is 0 Å². The molecule has 1 aromatic carbocycles. The molecule has 5 nitrogen and oxygen atoms in total. The van der Waals surface area contributed by atoms with Gasteiger partial charge in [-0.25, -0.2) is 9.97 Å². The first-order valence-electron chi connectivity index (χ1n) is 8.53. The second-order valence-corrected chi connectivity index (χ2v) is 6.35. The van der Waals surface area contributed by atoms with E-state index in [2.05, 4.69) is 14.9 Å². The van der Waals surface area contributed by atoms with Gasteiger partial charge in [-0.3, -0.25) is 4.79 Å². The molecule has 1 saturated heterocycles. The minimum atomic E-state index is -0.0670. The summed E-state index contributed by atoms with van der Waals surface area (Å²) in [6.07, 6.45) is 3.63. The van der Waals surface area contributed by atoms with Crippen molar-refractivity contribution in [2.24, 2.45) is 0 Å². The molecule has 24 heavy (non-hydrogen) atoms. The van der Waals surface area contributed by atoms with E-state index in [-0.39, 0.29) is 5.91 Å². The number of hydrogen-bond acceptors (Lipinski definition) is 4. The lowest BCUT2D eigenvalue weighted by atomic mass is 10.1. The SMILES string of the molecule is Cc1nc(C(=O)N(C)Cc2ccccc2)cc(N2CCCCC2)n1. The van der Waals surface area contributed by atoms with Crippen LogP contribution in [0.1, 0.15) is 41.1 Å². The molecular formula is C19H24N4O.